The predicted octanol–water partition coefficient (Wildman–Crippen LogP) is 4.75. The third kappa shape index (κ3) is 3.54. The quantitative estimate of drug-likeness (QED) is 0.558. The summed E-state index contributed by atoms with van der Waals surface area (Å²) in [5.74, 6) is 0.144. The second-order valence-corrected chi connectivity index (χ2v) is 6.18. The monoisotopic (exact) mass is 414 g/mol. The number of nitro benzene ring substituents is 1. The van der Waals surface area contributed by atoms with Gasteiger partial charge in [0.2, 0.25) is 0 Å². The fourth-order valence-electron chi connectivity index (χ4n) is 1.93. The summed E-state index contributed by atoms with van der Waals surface area (Å²) < 4.78 is 1.17. The molecule has 0 fully saturated rings. The van der Waals surface area contributed by atoms with Crippen LogP contribution in [0.15, 0.2) is 39.3 Å². The summed E-state index contributed by atoms with van der Waals surface area (Å²) in [5.41, 5.74) is 2.33. The van der Waals surface area contributed by atoms with Gasteiger partial charge in [0.25, 0.3) is 5.69 Å². The van der Waals surface area contributed by atoms with E-state index in [4.69, 9.17) is 0 Å². The van der Waals surface area contributed by atoms with E-state index in [-0.39, 0.29) is 11.4 Å². The first-order chi connectivity index (χ1) is 9.90. The molecule has 0 spiro atoms. The highest BCUT2D eigenvalue weighted by Gasteiger charge is 2.13. The minimum Gasteiger partial charge on any atom is -0.506 e. The summed E-state index contributed by atoms with van der Waals surface area (Å²) in [6.07, 6.45) is 0. The van der Waals surface area contributed by atoms with E-state index in [1.807, 2.05) is 0 Å². The average molecular weight is 416 g/mol. The molecule has 110 valence electrons. The number of nitrogens with one attached hydrogen (secondary N) is 1. The summed E-state index contributed by atoms with van der Waals surface area (Å²) in [6, 6.07) is 8.51. The Morgan fingerprint density at radius 3 is 2.48 bits per heavy atom. The Bertz CT molecular complexity index is 682. The van der Waals surface area contributed by atoms with Gasteiger partial charge >= 0.3 is 0 Å². The number of hydrogen-bond acceptors (Lipinski definition) is 4. The van der Waals surface area contributed by atoms with E-state index in [1.165, 1.54) is 6.07 Å². The summed E-state index contributed by atoms with van der Waals surface area (Å²) in [6.45, 7) is 2.20. The second-order valence-electron chi connectivity index (χ2n) is 4.47. The number of rotatable bonds is 4. The van der Waals surface area contributed by atoms with Gasteiger partial charge in [0, 0.05) is 23.9 Å². The van der Waals surface area contributed by atoms with Crippen LogP contribution in [0.25, 0.3) is 0 Å². The van der Waals surface area contributed by atoms with E-state index < -0.39 is 4.92 Å². The smallest absolute Gasteiger partial charge is 0.274 e. The Morgan fingerprint density at radius 2 is 1.90 bits per heavy atom. The molecular weight excluding hydrogens is 404 g/mol. The molecule has 0 heterocycles. The van der Waals surface area contributed by atoms with Crippen molar-refractivity contribution in [3.8, 4) is 5.75 Å². The molecule has 0 atom stereocenters. The minimum absolute atomic E-state index is 0.0908. The molecule has 0 saturated carbocycles. The van der Waals surface area contributed by atoms with Crippen LogP contribution < -0.4 is 5.32 Å². The van der Waals surface area contributed by atoms with E-state index >= 15 is 0 Å². The number of nitrogens with zero attached hydrogens (tertiary/aromatic N) is 1. The van der Waals surface area contributed by atoms with Gasteiger partial charge in [-0.3, -0.25) is 10.1 Å². The Labute approximate surface area is 138 Å². The van der Waals surface area contributed by atoms with Crippen molar-refractivity contribution >= 4 is 43.2 Å². The van der Waals surface area contributed by atoms with Crippen molar-refractivity contribution in [2.45, 2.75) is 13.5 Å². The molecule has 2 N–H and O–H groups in total. The zero-order chi connectivity index (χ0) is 15.6. The fourth-order valence-corrected chi connectivity index (χ4v) is 3.21. The first kappa shape index (κ1) is 15.8. The van der Waals surface area contributed by atoms with Crippen LogP contribution in [-0.2, 0) is 6.54 Å². The lowest BCUT2D eigenvalue weighted by molar-refractivity contribution is -0.385. The predicted molar refractivity (Wildman–Crippen MR) is 88.7 cm³/mol. The standard InChI is InChI=1S/C14H12Br2N2O3/c1-8-12(3-2-4-13(8)18(20)21)17-7-9-5-10(15)14(19)11(16)6-9/h2-6,17,19H,7H2,1H3. The lowest BCUT2D eigenvalue weighted by Gasteiger charge is -2.11. The second kappa shape index (κ2) is 6.44. The fraction of sp³-hybridized carbons (Fsp3) is 0.143. The highest BCUT2D eigenvalue weighted by molar-refractivity contribution is 9.11. The molecule has 0 saturated heterocycles. The van der Waals surface area contributed by atoms with E-state index in [0.717, 1.165) is 5.56 Å². The van der Waals surface area contributed by atoms with Crippen molar-refractivity contribution in [2.24, 2.45) is 0 Å². The topological polar surface area (TPSA) is 75.4 Å². The summed E-state index contributed by atoms with van der Waals surface area (Å²) in [4.78, 5) is 10.5. The number of nitro groups is 1. The van der Waals surface area contributed by atoms with Gasteiger partial charge in [-0.2, -0.15) is 0 Å². The van der Waals surface area contributed by atoms with E-state index in [0.29, 0.717) is 26.7 Å². The van der Waals surface area contributed by atoms with Crippen LogP contribution in [0.1, 0.15) is 11.1 Å². The van der Waals surface area contributed by atoms with Crippen molar-refractivity contribution in [2.75, 3.05) is 5.32 Å². The molecule has 2 rings (SSSR count). The molecule has 0 radical (unpaired) electrons. The average Bonchev–Trinajstić information content (AvgIpc) is 2.43. The van der Waals surface area contributed by atoms with Crippen LogP contribution in [-0.4, -0.2) is 10.0 Å². The highest BCUT2D eigenvalue weighted by Crippen LogP contribution is 2.33. The van der Waals surface area contributed by atoms with Gasteiger partial charge in [-0.25, -0.2) is 0 Å². The maximum Gasteiger partial charge on any atom is 0.274 e. The third-order valence-electron chi connectivity index (χ3n) is 3.06. The first-order valence-electron chi connectivity index (χ1n) is 6.05. The van der Waals surface area contributed by atoms with E-state index in [9.17, 15) is 15.2 Å². The SMILES string of the molecule is Cc1c(NCc2cc(Br)c(O)c(Br)c2)cccc1[N+](=O)[O-]. The molecule has 0 aliphatic rings. The molecule has 5 nitrogen and oxygen atoms in total. The maximum atomic E-state index is 10.9. The summed E-state index contributed by atoms with van der Waals surface area (Å²) in [5, 5.41) is 23.8. The molecule has 2 aromatic rings. The van der Waals surface area contributed by atoms with Crippen molar-refractivity contribution in [1.29, 1.82) is 0 Å². The zero-order valence-corrected chi connectivity index (χ0v) is 14.2. The number of phenols is 1. The van der Waals surface area contributed by atoms with Gasteiger partial charge in [0.1, 0.15) is 5.75 Å². The number of phenolic OH excluding ortho intramolecular Hbond substituents is 1. The number of benzene rings is 2. The Kier molecular flexibility index (Phi) is 4.84. The lowest BCUT2D eigenvalue weighted by Crippen LogP contribution is -2.03. The molecule has 0 aliphatic carbocycles. The van der Waals surface area contributed by atoms with Gasteiger partial charge in [-0.15, -0.1) is 0 Å². The van der Waals surface area contributed by atoms with Gasteiger partial charge in [0.15, 0.2) is 0 Å². The van der Waals surface area contributed by atoms with Gasteiger partial charge < -0.3 is 10.4 Å². The summed E-state index contributed by atoms with van der Waals surface area (Å²) in [7, 11) is 0. The number of halogens is 2. The van der Waals surface area contributed by atoms with Crippen molar-refractivity contribution < 1.29 is 10.0 Å². The van der Waals surface area contributed by atoms with Crippen LogP contribution in [0, 0.1) is 17.0 Å². The highest BCUT2D eigenvalue weighted by atomic mass is 79.9. The van der Waals surface area contributed by atoms with Crippen molar-refractivity contribution in [1.82, 2.24) is 0 Å². The van der Waals surface area contributed by atoms with Crippen LogP contribution in [0.5, 0.6) is 5.75 Å². The molecule has 7 heteroatoms. The van der Waals surface area contributed by atoms with Gasteiger partial charge in [-0.1, -0.05) is 6.07 Å². The van der Waals surface area contributed by atoms with Crippen LogP contribution in [0.2, 0.25) is 0 Å². The molecule has 0 amide bonds. The largest absolute Gasteiger partial charge is 0.506 e. The number of anilines is 1. The number of hydrogen-bond donors (Lipinski definition) is 2. The Hall–Kier alpha value is -1.60. The van der Waals surface area contributed by atoms with E-state index in [1.54, 1.807) is 31.2 Å². The summed E-state index contributed by atoms with van der Waals surface area (Å²) >= 11 is 6.54. The normalized spacial score (nSPS) is 10.4. The zero-order valence-electron chi connectivity index (χ0n) is 11.1. The Balaban J connectivity index is 2.21. The van der Waals surface area contributed by atoms with Crippen LogP contribution >= 0.6 is 31.9 Å². The Morgan fingerprint density at radius 1 is 1.29 bits per heavy atom. The number of aromatic hydroxyl groups is 1. The molecule has 0 bridgehead atoms. The molecular formula is C14H12Br2N2O3. The van der Waals surface area contributed by atoms with Crippen LogP contribution in [0.4, 0.5) is 11.4 Å². The van der Waals surface area contributed by atoms with Crippen molar-refractivity contribution in [3.05, 3.63) is 60.5 Å². The minimum atomic E-state index is -0.395. The molecule has 0 aromatic heterocycles. The third-order valence-corrected chi connectivity index (χ3v) is 4.27. The van der Waals surface area contributed by atoms with Gasteiger partial charge in [-0.05, 0) is 62.5 Å². The van der Waals surface area contributed by atoms with E-state index in [2.05, 4.69) is 37.2 Å². The maximum absolute atomic E-state index is 10.9. The van der Waals surface area contributed by atoms with Crippen molar-refractivity contribution in [3.63, 3.8) is 0 Å². The lowest BCUT2D eigenvalue weighted by atomic mass is 10.1. The molecule has 0 unspecified atom stereocenters. The molecule has 0 aliphatic heterocycles. The van der Waals surface area contributed by atoms with Gasteiger partial charge in [0.05, 0.1) is 13.9 Å². The first-order valence-corrected chi connectivity index (χ1v) is 7.63. The molecule has 21 heavy (non-hydrogen) atoms. The molecule has 2 aromatic carbocycles. The van der Waals surface area contributed by atoms with Crippen LogP contribution in [0.3, 0.4) is 0 Å².